The highest BCUT2D eigenvalue weighted by molar-refractivity contribution is 5.98. The summed E-state index contributed by atoms with van der Waals surface area (Å²) in [7, 11) is 1.68. The summed E-state index contributed by atoms with van der Waals surface area (Å²) in [6.45, 7) is 5.64. The van der Waals surface area contributed by atoms with Gasteiger partial charge in [-0.15, -0.1) is 0 Å². The quantitative estimate of drug-likeness (QED) is 0.300. The number of hydrogen-bond donors (Lipinski definition) is 3. The molecule has 1 saturated heterocycles. The number of rotatable bonds is 12. The van der Waals surface area contributed by atoms with E-state index in [4.69, 9.17) is 4.74 Å². The molecule has 0 bridgehead atoms. The summed E-state index contributed by atoms with van der Waals surface area (Å²) in [5.41, 5.74) is 4.09. The lowest BCUT2D eigenvalue weighted by atomic mass is 10.0. The van der Waals surface area contributed by atoms with E-state index in [0.717, 1.165) is 55.8 Å². The third-order valence-electron chi connectivity index (χ3n) is 8.21. The van der Waals surface area contributed by atoms with Crippen LogP contribution in [0.1, 0.15) is 48.0 Å². The molecule has 1 aliphatic carbocycles. The van der Waals surface area contributed by atoms with E-state index < -0.39 is 6.04 Å². The van der Waals surface area contributed by atoms with E-state index in [1.807, 2.05) is 71.6 Å². The largest absolute Gasteiger partial charge is 0.497 e. The van der Waals surface area contributed by atoms with Crippen molar-refractivity contribution >= 4 is 11.8 Å². The first-order valence-corrected chi connectivity index (χ1v) is 14.3. The molecule has 0 radical (unpaired) electrons. The Morgan fingerprint density at radius 2 is 1.60 bits per heavy atom. The fourth-order valence-corrected chi connectivity index (χ4v) is 5.61. The van der Waals surface area contributed by atoms with Crippen LogP contribution in [-0.2, 0) is 4.79 Å². The second-order valence-electron chi connectivity index (χ2n) is 11.1. The van der Waals surface area contributed by atoms with Gasteiger partial charge in [-0.05, 0) is 67.1 Å². The summed E-state index contributed by atoms with van der Waals surface area (Å²) in [6.07, 6.45) is 3.12. The summed E-state index contributed by atoms with van der Waals surface area (Å²) in [4.78, 5) is 28.3. The molecule has 3 aromatic rings. The molecule has 3 aromatic carbocycles. The lowest BCUT2D eigenvalue weighted by Crippen LogP contribution is -2.53. The summed E-state index contributed by atoms with van der Waals surface area (Å²) in [5.74, 6) is 1.11. The van der Waals surface area contributed by atoms with Gasteiger partial charge in [-0.1, -0.05) is 54.6 Å². The summed E-state index contributed by atoms with van der Waals surface area (Å²) >= 11 is 0. The highest BCUT2D eigenvalue weighted by atomic mass is 16.5. The standard InChI is InChI=1S/C33H40N4O3/c1-33(22-29(33)26-14-16-28(40-2)17-15-26)35-19-18-34-23-30(32(39)37-20-6-7-21-37)36-31(38)27-12-10-25(11-13-27)24-8-4-3-5-9-24/h3-5,8-17,29-30,34-35H,6-7,18-23H2,1-2H3,(H,36,38)/t29-,30-,33+/m0/s1. The lowest BCUT2D eigenvalue weighted by Gasteiger charge is -2.25. The predicted octanol–water partition coefficient (Wildman–Crippen LogP) is 4.21. The fourth-order valence-electron chi connectivity index (χ4n) is 5.61. The van der Waals surface area contributed by atoms with E-state index in [-0.39, 0.29) is 17.4 Å². The molecule has 1 aliphatic heterocycles. The molecule has 3 N–H and O–H groups in total. The number of likely N-dealkylation sites (tertiary alicyclic amines) is 1. The second kappa shape index (κ2) is 12.7. The summed E-state index contributed by atoms with van der Waals surface area (Å²) in [6, 6.07) is 25.3. The molecule has 7 nitrogen and oxygen atoms in total. The smallest absolute Gasteiger partial charge is 0.251 e. The van der Waals surface area contributed by atoms with Crippen molar-refractivity contribution in [2.45, 2.75) is 43.7 Å². The van der Waals surface area contributed by atoms with Gasteiger partial charge in [0.15, 0.2) is 0 Å². The first-order valence-electron chi connectivity index (χ1n) is 14.3. The van der Waals surface area contributed by atoms with Crippen molar-refractivity contribution in [2.24, 2.45) is 0 Å². The number of ether oxygens (including phenoxy) is 1. The summed E-state index contributed by atoms with van der Waals surface area (Å²) in [5, 5.41) is 10.1. The molecular formula is C33H40N4O3. The molecule has 0 spiro atoms. The number of methoxy groups -OCH3 is 1. The van der Waals surface area contributed by atoms with Crippen LogP contribution in [0.2, 0.25) is 0 Å². The molecule has 7 heteroatoms. The fraction of sp³-hybridized carbons (Fsp3) is 0.394. The van der Waals surface area contributed by atoms with Crippen molar-refractivity contribution in [2.75, 3.05) is 39.8 Å². The Hall–Kier alpha value is -3.68. The van der Waals surface area contributed by atoms with E-state index in [0.29, 0.717) is 24.6 Å². The highest BCUT2D eigenvalue weighted by Gasteiger charge is 2.50. The van der Waals surface area contributed by atoms with Gasteiger partial charge in [0.1, 0.15) is 11.8 Å². The van der Waals surface area contributed by atoms with Crippen molar-refractivity contribution in [1.29, 1.82) is 0 Å². The second-order valence-corrected chi connectivity index (χ2v) is 11.1. The molecule has 0 aromatic heterocycles. The molecular weight excluding hydrogens is 500 g/mol. The zero-order chi connectivity index (χ0) is 28.0. The lowest BCUT2D eigenvalue weighted by molar-refractivity contribution is -0.132. The number of carbonyl (C=O) groups excluding carboxylic acids is 2. The molecule has 2 amide bonds. The topological polar surface area (TPSA) is 82.7 Å². The maximum absolute atomic E-state index is 13.3. The van der Waals surface area contributed by atoms with Crippen LogP contribution in [0.5, 0.6) is 5.75 Å². The SMILES string of the molecule is COc1ccc([C@@H]2C[C@@]2(C)NCCNC[C@H](NC(=O)c2ccc(-c3ccccc3)cc2)C(=O)N2CCCC2)cc1. The van der Waals surface area contributed by atoms with Gasteiger partial charge in [0.2, 0.25) is 5.91 Å². The third-order valence-corrected chi connectivity index (χ3v) is 8.21. The van der Waals surface area contributed by atoms with Crippen LogP contribution < -0.4 is 20.7 Å². The monoisotopic (exact) mass is 540 g/mol. The maximum atomic E-state index is 13.3. The van der Waals surface area contributed by atoms with Gasteiger partial charge in [0.05, 0.1) is 7.11 Å². The molecule has 0 unspecified atom stereocenters. The zero-order valence-corrected chi connectivity index (χ0v) is 23.5. The Kier molecular flexibility index (Phi) is 8.82. The van der Waals surface area contributed by atoms with Crippen molar-refractivity contribution < 1.29 is 14.3 Å². The average Bonchev–Trinajstić information content (AvgIpc) is 3.38. The van der Waals surface area contributed by atoms with Crippen LogP contribution in [0.3, 0.4) is 0 Å². The number of hydrogen-bond acceptors (Lipinski definition) is 5. The van der Waals surface area contributed by atoms with Crippen LogP contribution in [0.4, 0.5) is 0 Å². The minimum absolute atomic E-state index is 0.0130. The van der Waals surface area contributed by atoms with Crippen LogP contribution in [-0.4, -0.2) is 68.1 Å². The van der Waals surface area contributed by atoms with Crippen molar-refractivity contribution in [3.05, 3.63) is 90.0 Å². The predicted molar refractivity (Wildman–Crippen MR) is 159 cm³/mol. The molecule has 2 aliphatic rings. The van der Waals surface area contributed by atoms with Gasteiger partial charge in [0, 0.05) is 49.7 Å². The molecule has 1 saturated carbocycles. The van der Waals surface area contributed by atoms with Crippen LogP contribution in [0.25, 0.3) is 11.1 Å². The van der Waals surface area contributed by atoms with E-state index in [9.17, 15) is 9.59 Å². The number of benzene rings is 3. The van der Waals surface area contributed by atoms with E-state index in [1.165, 1.54) is 5.56 Å². The van der Waals surface area contributed by atoms with Crippen LogP contribution >= 0.6 is 0 Å². The van der Waals surface area contributed by atoms with E-state index in [2.05, 4.69) is 35.0 Å². The first kappa shape index (κ1) is 27.9. The Bertz CT molecular complexity index is 1270. The van der Waals surface area contributed by atoms with E-state index >= 15 is 0 Å². The Balaban J connectivity index is 1.13. The zero-order valence-electron chi connectivity index (χ0n) is 23.5. The molecule has 3 atom stereocenters. The Morgan fingerprint density at radius 3 is 2.27 bits per heavy atom. The van der Waals surface area contributed by atoms with Gasteiger partial charge in [-0.2, -0.15) is 0 Å². The van der Waals surface area contributed by atoms with Crippen molar-refractivity contribution in [1.82, 2.24) is 20.9 Å². The van der Waals surface area contributed by atoms with Gasteiger partial charge in [0.25, 0.3) is 5.91 Å². The van der Waals surface area contributed by atoms with Crippen LogP contribution in [0, 0.1) is 0 Å². The average molecular weight is 541 g/mol. The minimum atomic E-state index is -0.608. The van der Waals surface area contributed by atoms with Gasteiger partial charge in [-0.3, -0.25) is 9.59 Å². The number of nitrogens with zero attached hydrogens (tertiary/aromatic N) is 1. The minimum Gasteiger partial charge on any atom is -0.497 e. The molecule has 1 heterocycles. The normalized spacial score (nSPS) is 20.6. The van der Waals surface area contributed by atoms with E-state index in [1.54, 1.807) is 7.11 Å². The third kappa shape index (κ3) is 6.72. The summed E-state index contributed by atoms with van der Waals surface area (Å²) < 4.78 is 5.27. The number of amides is 2. The Labute approximate surface area is 237 Å². The van der Waals surface area contributed by atoms with Crippen molar-refractivity contribution in [3.63, 3.8) is 0 Å². The highest BCUT2D eigenvalue weighted by Crippen LogP contribution is 2.51. The van der Waals surface area contributed by atoms with Gasteiger partial charge < -0.3 is 25.6 Å². The van der Waals surface area contributed by atoms with Gasteiger partial charge in [-0.25, -0.2) is 0 Å². The molecule has 210 valence electrons. The molecule has 2 fully saturated rings. The van der Waals surface area contributed by atoms with Crippen molar-refractivity contribution in [3.8, 4) is 16.9 Å². The number of carbonyl (C=O) groups is 2. The molecule has 40 heavy (non-hydrogen) atoms. The molecule has 5 rings (SSSR count). The Morgan fingerprint density at radius 1 is 0.925 bits per heavy atom. The number of nitrogens with one attached hydrogen (secondary N) is 3. The first-order chi connectivity index (χ1) is 19.5. The maximum Gasteiger partial charge on any atom is 0.251 e. The van der Waals surface area contributed by atoms with Crippen LogP contribution in [0.15, 0.2) is 78.9 Å². The van der Waals surface area contributed by atoms with Gasteiger partial charge >= 0.3 is 0 Å².